The van der Waals surface area contributed by atoms with Crippen LogP contribution in [0.1, 0.15) is 27.2 Å². The standard InChI is InChI=1S/C10H21NO5S/c1-4-16-10(13)5-8-17(14,15)11(6-7-12)9(2)3/h9,12H,4-8H2,1-3H3. The monoisotopic (exact) mass is 267 g/mol. The molecule has 0 atom stereocenters. The molecular formula is C10H21NO5S. The summed E-state index contributed by atoms with van der Waals surface area (Å²) in [5, 5.41) is 8.81. The van der Waals surface area contributed by atoms with Gasteiger partial charge in [0.05, 0.1) is 25.4 Å². The Kier molecular flexibility index (Phi) is 7.33. The van der Waals surface area contributed by atoms with Crippen molar-refractivity contribution in [2.75, 3.05) is 25.5 Å². The van der Waals surface area contributed by atoms with Crippen LogP contribution in [-0.4, -0.2) is 55.4 Å². The predicted octanol–water partition coefficient (Wildman–Crippen LogP) is -0.0279. The van der Waals surface area contributed by atoms with Gasteiger partial charge in [-0.2, -0.15) is 4.31 Å². The number of carbonyl (C=O) groups is 1. The SMILES string of the molecule is CCOC(=O)CCS(=O)(=O)N(CCO)C(C)C. The highest BCUT2D eigenvalue weighted by atomic mass is 32.2. The third kappa shape index (κ3) is 5.99. The summed E-state index contributed by atoms with van der Waals surface area (Å²) in [4.78, 5) is 11.1. The first kappa shape index (κ1) is 16.3. The number of ether oxygens (including phenoxy) is 1. The van der Waals surface area contributed by atoms with Gasteiger partial charge in [-0.3, -0.25) is 4.79 Å². The minimum atomic E-state index is -3.52. The first-order valence-electron chi connectivity index (χ1n) is 5.61. The predicted molar refractivity (Wildman–Crippen MR) is 64.0 cm³/mol. The van der Waals surface area contributed by atoms with Gasteiger partial charge < -0.3 is 9.84 Å². The van der Waals surface area contributed by atoms with Gasteiger partial charge in [-0.05, 0) is 20.8 Å². The fraction of sp³-hybridized carbons (Fsp3) is 0.900. The lowest BCUT2D eigenvalue weighted by molar-refractivity contribution is -0.142. The van der Waals surface area contributed by atoms with E-state index in [1.807, 2.05) is 0 Å². The average molecular weight is 267 g/mol. The van der Waals surface area contributed by atoms with E-state index in [0.29, 0.717) is 0 Å². The van der Waals surface area contributed by atoms with Crippen molar-refractivity contribution in [1.82, 2.24) is 4.31 Å². The van der Waals surface area contributed by atoms with Gasteiger partial charge >= 0.3 is 5.97 Å². The molecule has 0 radical (unpaired) electrons. The summed E-state index contributed by atoms with van der Waals surface area (Å²) in [6.07, 6.45) is -0.162. The number of rotatable bonds is 8. The van der Waals surface area contributed by atoms with Crippen LogP contribution in [0.15, 0.2) is 0 Å². The highest BCUT2D eigenvalue weighted by Crippen LogP contribution is 2.08. The van der Waals surface area contributed by atoms with Gasteiger partial charge in [0.15, 0.2) is 0 Å². The van der Waals surface area contributed by atoms with Crippen LogP contribution in [0.4, 0.5) is 0 Å². The van der Waals surface area contributed by atoms with Gasteiger partial charge in [-0.15, -0.1) is 0 Å². The van der Waals surface area contributed by atoms with Crippen molar-refractivity contribution < 1.29 is 23.1 Å². The van der Waals surface area contributed by atoms with Crippen LogP contribution in [0, 0.1) is 0 Å². The zero-order valence-corrected chi connectivity index (χ0v) is 11.4. The molecular weight excluding hydrogens is 246 g/mol. The van der Waals surface area contributed by atoms with Crippen molar-refractivity contribution in [3.05, 3.63) is 0 Å². The maximum Gasteiger partial charge on any atom is 0.306 e. The number of aliphatic hydroxyl groups is 1. The van der Waals surface area contributed by atoms with Crippen LogP contribution >= 0.6 is 0 Å². The second kappa shape index (κ2) is 7.62. The first-order valence-corrected chi connectivity index (χ1v) is 7.22. The molecule has 102 valence electrons. The molecule has 0 saturated carbocycles. The largest absolute Gasteiger partial charge is 0.466 e. The molecule has 0 aliphatic carbocycles. The topological polar surface area (TPSA) is 83.9 Å². The molecule has 0 amide bonds. The van der Waals surface area contributed by atoms with E-state index >= 15 is 0 Å². The van der Waals surface area contributed by atoms with Crippen LogP contribution in [-0.2, 0) is 19.6 Å². The summed E-state index contributed by atoms with van der Waals surface area (Å²) in [6, 6.07) is -0.241. The molecule has 0 saturated heterocycles. The van der Waals surface area contributed by atoms with Crippen LogP contribution in [0.2, 0.25) is 0 Å². The molecule has 6 nitrogen and oxygen atoms in total. The fourth-order valence-electron chi connectivity index (χ4n) is 1.38. The molecule has 0 aromatic carbocycles. The van der Waals surface area contributed by atoms with E-state index in [2.05, 4.69) is 4.74 Å². The highest BCUT2D eigenvalue weighted by molar-refractivity contribution is 7.89. The van der Waals surface area contributed by atoms with Crippen molar-refractivity contribution in [2.45, 2.75) is 33.2 Å². The zero-order valence-electron chi connectivity index (χ0n) is 10.5. The van der Waals surface area contributed by atoms with Crippen molar-refractivity contribution in [1.29, 1.82) is 0 Å². The molecule has 0 rings (SSSR count). The fourth-order valence-corrected chi connectivity index (χ4v) is 3.04. The van der Waals surface area contributed by atoms with Gasteiger partial charge in [0.1, 0.15) is 0 Å². The number of carbonyl (C=O) groups excluding carboxylic acids is 1. The maximum absolute atomic E-state index is 11.9. The lowest BCUT2D eigenvalue weighted by atomic mass is 10.4. The molecule has 0 fully saturated rings. The Labute approximate surface area is 103 Å². The minimum Gasteiger partial charge on any atom is -0.466 e. The Balaban J connectivity index is 4.48. The van der Waals surface area contributed by atoms with E-state index in [-0.39, 0.29) is 38.0 Å². The Morgan fingerprint density at radius 1 is 1.41 bits per heavy atom. The molecule has 0 aromatic heterocycles. The van der Waals surface area contributed by atoms with E-state index in [1.54, 1.807) is 20.8 Å². The number of aliphatic hydroxyl groups excluding tert-OH is 1. The van der Waals surface area contributed by atoms with Crippen LogP contribution < -0.4 is 0 Å². The number of nitrogens with zero attached hydrogens (tertiary/aromatic N) is 1. The molecule has 0 aliphatic heterocycles. The lowest BCUT2D eigenvalue weighted by Gasteiger charge is -2.24. The lowest BCUT2D eigenvalue weighted by Crippen LogP contribution is -2.40. The second-order valence-corrected chi connectivity index (χ2v) is 5.84. The van der Waals surface area contributed by atoms with Crippen LogP contribution in [0.25, 0.3) is 0 Å². The van der Waals surface area contributed by atoms with E-state index in [9.17, 15) is 13.2 Å². The molecule has 0 unspecified atom stereocenters. The van der Waals surface area contributed by atoms with Gasteiger partial charge in [-0.1, -0.05) is 0 Å². The normalized spacial score (nSPS) is 12.1. The average Bonchev–Trinajstić information content (AvgIpc) is 2.23. The van der Waals surface area contributed by atoms with Gasteiger partial charge in [0.25, 0.3) is 0 Å². The van der Waals surface area contributed by atoms with E-state index in [1.165, 1.54) is 4.31 Å². The van der Waals surface area contributed by atoms with E-state index in [0.717, 1.165) is 0 Å². The molecule has 0 aromatic rings. The van der Waals surface area contributed by atoms with Gasteiger partial charge in [-0.25, -0.2) is 8.42 Å². The molecule has 0 aliphatic rings. The number of esters is 1. The van der Waals surface area contributed by atoms with Gasteiger partial charge in [0.2, 0.25) is 10.0 Å². The molecule has 0 bridgehead atoms. The molecule has 17 heavy (non-hydrogen) atoms. The molecule has 0 heterocycles. The third-order valence-corrected chi connectivity index (χ3v) is 4.16. The summed E-state index contributed by atoms with van der Waals surface area (Å²) < 4.78 is 29.6. The Hall–Kier alpha value is -0.660. The van der Waals surface area contributed by atoms with Crippen LogP contribution in [0.3, 0.4) is 0 Å². The summed E-state index contributed by atoms with van der Waals surface area (Å²) >= 11 is 0. The van der Waals surface area contributed by atoms with Crippen molar-refractivity contribution in [2.24, 2.45) is 0 Å². The summed E-state index contributed by atoms with van der Waals surface area (Å²) in [6.45, 7) is 5.15. The number of sulfonamides is 1. The minimum absolute atomic E-state index is 0.0445. The van der Waals surface area contributed by atoms with E-state index in [4.69, 9.17) is 5.11 Å². The summed E-state index contributed by atoms with van der Waals surface area (Å²) in [5.41, 5.74) is 0. The smallest absolute Gasteiger partial charge is 0.306 e. The molecule has 1 N–H and O–H groups in total. The van der Waals surface area contributed by atoms with Gasteiger partial charge in [0, 0.05) is 12.6 Å². The highest BCUT2D eigenvalue weighted by Gasteiger charge is 2.25. The van der Waals surface area contributed by atoms with Crippen molar-refractivity contribution in [3.63, 3.8) is 0 Å². The third-order valence-electron chi connectivity index (χ3n) is 2.12. The number of hydrogen-bond donors (Lipinski definition) is 1. The van der Waals surface area contributed by atoms with Crippen LogP contribution in [0.5, 0.6) is 0 Å². The van der Waals surface area contributed by atoms with E-state index < -0.39 is 16.0 Å². The Bertz CT molecular complexity index is 326. The summed E-state index contributed by atoms with van der Waals surface area (Å²) in [5.74, 6) is -0.812. The molecule has 7 heteroatoms. The molecule has 0 spiro atoms. The second-order valence-electron chi connectivity index (χ2n) is 3.80. The van der Waals surface area contributed by atoms with Crippen molar-refractivity contribution in [3.8, 4) is 0 Å². The Morgan fingerprint density at radius 2 is 2.00 bits per heavy atom. The first-order chi connectivity index (χ1) is 7.85. The maximum atomic E-state index is 11.9. The quantitative estimate of drug-likeness (QED) is 0.624. The summed E-state index contributed by atoms with van der Waals surface area (Å²) in [7, 11) is -3.52. The zero-order chi connectivity index (χ0) is 13.5. The number of hydrogen-bond acceptors (Lipinski definition) is 5. The Morgan fingerprint density at radius 3 is 2.41 bits per heavy atom. The van der Waals surface area contributed by atoms with Crippen molar-refractivity contribution >= 4 is 16.0 Å².